The van der Waals surface area contributed by atoms with Gasteiger partial charge in [0.15, 0.2) is 0 Å². The van der Waals surface area contributed by atoms with Crippen molar-refractivity contribution in [2.75, 3.05) is 0 Å². The van der Waals surface area contributed by atoms with Crippen molar-refractivity contribution < 1.29 is 0 Å². The van der Waals surface area contributed by atoms with Crippen molar-refractivity contribution in [2.45, 2.75) is 45.7 Å². The Hall–Kier alpha value is -1.03. The molecule has 0 aromatic rings. The van der Waals surface area contributed by atoms with E-state index >= 15 is 0 Å². The standard InChI is InChI=1S/C14H24N4/c1-12(2)9-4-5-13(12,3)10(6-9)14(16)7-11(15)17-8-18-14/h7-10H,4-6,15-16H2,1-3H3,(H,17,18)/t9-,10-,13-,14?/m1/s1. The van der Waals surface area contributed by atoms with Gasteiger partial charge in [-0.1, -0.05) is 20.8 Å². The van der Waals surface area contributed by atoms with Crippen molar-refractivity contribution in [1.82, 2.24) is 5.32 Å². The molecule has 2 aliphatic carbocycles. The predicted octanol–water partition coefficient (Wildman–Crippen LogP) is 1.54. The van der Waals surface area contributed by atoms with Gasteiger partial charge in [-0.2, -0.15) is 0 Å². The second kappa shape index (κ2) is 3.29. The molecule has 0 spiro atoms. The van der Waals surface area contributed by atoms with Gasteiger partial charge >= 0.3 is 0 Å². The molecule has 0 aromatic carbocycles. The molecule has 0 amide bonds. The first-order valence-corrected chi connectivity index (χ1v) is 6.87. The third-order valence-electron chi connectivity index (χ3n) is 6.26. The number of rotatable bonds is 1. The zero-order valence-electron chi connectivity index (χ0n) is 11.5. The van der Waals surface area contributed by atoms with Crippen LogP contribution < -0.4 is 16.8 Å². The van der Waals surface area contributed by atoms with Crippen LogP contribution in [0.15, 0.2) is 16.9 Å². The lowest BCUT2D eigenvalue weighted by Gasteiger charge is -2.45. The second-order valence-corrected chi connectivity index (χ2v) is 7.05. The predicted molar refractivity (Wildman–Crippen MR) is 73.5 cm³/mol. The van der Waals surface area contributed by atoms with Crippen LogP contribution in [-0.2, 0) is 0 Å². The Labute approximate surface area is 109 Å². The smallest absolute Gasteiger partial charge is 0.135 e. The quantitative estimate of drug-likeness (QED) is 0.658. The minimum absolute atomic E-state index is 0.262. The molecule has 2 fully saturated rings. The van der Waals surface area contributed by atoms with Crippen LogP contribution in [0.3, 0.4) is 0 Å². The van der Waals surface area contributed by atoms with E-state index in [4.69, 9.17) is 11.5 Å². The van der Waals surface area contributed by atoms with Crippen LogP contribution in [0.5, 0.6) is 0 Å². The third kappa shape index (κ3) is 1.27. The van der Waals surface area contributed by atoms with E-state index in [1.54, 1.807) is 6.34 Å². The summed E-state index contributed by atoms with van der Waals surface area (Å²) in [5.74, 6) is 1.78. The van der Waals surface area contributed by atoms with E-state index in [-0.39, 0.29) is 5.41 Å². The molecule has 4 heteroatoms. The molecule has 100 valence electrons. The van der Waals surface area contributed by atoms with Crippen molar-refractivity contribution >= 4 is 6.34 Å². The van der Waals surface area contributed by atoms with Crippen molar-refractivity contribution in [3.8, 4) is 0 Å². The van der Waals surface area contributed by atoms with Crippen LogP contribution in [0, 0.1) is 22.7 Å². The molecule has 4 nitrogen and oxygen atoms in total. The number of hydrogen-bond acceptors (Lipinski definition) is 4. The maximum Gasteiger partial charge on any atom is 0.135 e. The summed E-state index contributed by atoms with van der Waals surface area (Å²) in [6, 6.07) is 0. The molecule has 3 aliphatic rings. The van der Waals surface area contributed by atoms with Crippen molar-refractivity contribution in [3.05, 3.63) is 11.9 Å². The number of aliphatic imine (C=N–C) groups is 1. The zero-order chi connectivity index (χ0) is 13.2. The summed E-state index contributed by atoms with van der Waals surface area (Å²) in [6.07, 6.45) is 7.31. The maximum absolute atomic E-state index is 6.55. The lowest BCUT2D eigenvalue weighted by Crippen LogP contribution is -2.53. The molecule has 0 radical (unpaired) electrons. The van der Waals surface area contributed by atoms with Gasteiger partial charge in [0.1, 0.15) is 11.5 Å². The average molecular weight is 248 g/mol. The second-order valence-electron chi connectivity index (χ2n) is 7.05. The van der Waals surface area contributed by atoms with Crippen LogP contribution in [0.1, 0.15) is 40.0 Å². The summed E-state index contributed by atoms with van der Waals surface area (Å²) in [7, 11) is 0. The fraction of sp³-hybridized carbons (Fsp3) is 0.786. The Kier molecular flexibility index (Phi) is 2.20. The van der Waals surface area contributed by atoms with Crippen molar-refractivity contribution in [3.63, 3.8) is 0 Å². The Balaban J connectivity index is 2.01. The highest BCUT2D eigenvalue weighted by atomic mass is 15.1. The van der Waals surface area contributed by atoms with Crippen LogP contribution >= 0.6 is 0 Å². The average Bonchev–Trinajstić information content (AvgIpc) is 2.60. The molecular formula is C14H24N4. The fourth-order valence-corrected chi connectivity index (χ4v) is 4.64. The highest BCUT2D eigenvalue weighted by Gasteiger charge is 2.65. The van der Waals surface area contributed by atoms with E-state index in [2.05, 4.69) is 31.1 Å². The Morgan fingerprint density at radius 3 is 2.61 bits per heavy atom. The first-order chi connectivity index (χ1) is 8.30. The molecule has 1 heterocycles. The number of nitrogens with two attached hydrogens (primary N) is 2. The SMILES string of the molecule is CC1(C)[C@@H]2CC[C@]1(C)[C@H](C1(N)C=C(N)NC=N1)C2. The van der Waals surface area contributed by atoms with Gasteiger partial charge in [0, 0.05) is 5.92 Å². The first kappa shape index (κ1) is 12.0. The lowest BCUT2D eigenvalue weighted by atomic mass is 9.63. The molecule has 2 saturated carbocycles. The number of hydrogen-bond donors (Lipinski definition) is 3. The molecule has 5 N–H and O–H groups in total. The molecule has 2 bridgehead atoms. The topological polar surface area (TPSA) is 76.4 Å². The lowest BCUT2D eigenvalue weighted by molar-refractivity contribution is 0.0694. The zero-order valence-corrected chi connectivity index (χ0v) is 11.5. The minimum atomic E-state index is -0.628. The molecule has 1 unspecified atom stereocenters. The van der Waals surface area contributed by atoms with Gasteiger partial charge in [0.2, 0.25) is 0 Å². The summed E-state index contributed by atoms with van der Waals surface area (Å²) < 4.78 is 0. The van der Waals surface area contributed by atoms with Crippen LogP contribution in [-0.4, -0.2) is 12.0 Å². The van der Waals surface area contributed by atoms with Crippen LogP contribution in [0.25, 0.3) is 0 Å². The fourth-order valence-electron chi connectivity index (χ4n) is 4.64. The summed E-state index contributed by atoms with van der Waals surface area (Å²) >= 11 is 0. The molecule has 0 saturated heterocycles. The molecular weight excluding hydrogens is 224 g/mol. The van der Waals surface area contributed by atoms with E-state index in [1.807, 2.05) is 6.08 Å². The van der Waals surface area contributed by atoms with Gasteiger partial charge in [-0.05, 0) is 42.1 Å². The number of nitrogens with zero attached hydrogens (tertiary/aromatic N) is 1. The summed E-state index contributed by atoms with van der Waals surface area (Å²) in [5.41, 5.74) is 12.4. The Morgan fingerprint density at radius 1 is 1.39 bits per heavy atom. The van der Waals surface area contributed by atoms with E-state index in [0.717, 1.165) is 5.92 Å². The highest BCUT2D eigenvalue weighted by molar-refractivity contribution is 5.60. The molecule has 18 heavy (non-hydrogen) atoms. The van der Waals surface area contributed by atoms with Gasteiger partial charge in [0.05, 0.1) is 6.34 Å². The summed E-state index contributed by atoms with van der Waals surface area (Å²) in [5, 5.41) is 2.91. The van der Waals surface area contributed by atoms with Gasteiger partial charge in [-0.25, -0.2) is 4.99 Å². The van der Waals surface area contributed by atoms with Crippen LogP contribution in [0.4, 0.5) is 0 Å². The van der Waals surface area contributed by atoms with Crippen LogP contribution in [0.2, 0.25) is 0 Å². The third-order valence-corrected chi connectivity index (χ3v) is 6.26. The summed E-state index contributed by atoms with van der Waals surface area (Å²) in [6.45, 7) is 7.18. The van der Waals surface area contributed by atoms with Gasteiger partial charge < -0.3 is 16.8 Å². The van der Waals surface area contributed by atoms with E-state index in [0.29, 0.717) is 17.2 Å². The van der Waals surface area contributed by atoms with Gasteiger partial charge in [0.25, 0.3) is 0 Å². The van der Waals surface area contributed by atoms with Gasteiger partial charge in [-0.3, -0.25) is 0 Å². The molecule has 0 aromatic heterocycles. The Morgan fingerprint density at radius 2 is 2.11 bits per heavy atom. The maximum atomic E-state index is 6.55. The van der Waals surface area contributed by atoms with Crippen molar-refractivity contribution in [2.24, 2.45) is 39.1 Å². The van der Waals surface area contributed by atoms with E-state index < -0.39 is 5.66 Å². The highest BCUT2D eigenvalue weighted by Crippen LogP contribution is 2.70. The molecule has 4 atom stereocenters. The Bertz CT molecular complexity index is 439. The largest absolute Gasteiger partial charge is 0.385 e. The molecule has 3 rings (SSSR count). The molecule has 1 aliphatic heterocycles. The monoisotopic (exact) mass is 248 g/mol. The van der Waals surface area contributed by atoms with E-state index in [1.165, 1.54) is 19.3 Å². The van der Waals surface area contributed by atoms with E-state index in [9.17, 15) is 0 Å². The first-order valence-electron chi connectivity index (χ1n) is 6.87. The number of fused-ring (bicyclic) bond motifs is 2. The van der Waals surface area contributed by atoms with Crippen molar-refractivity contribution in [1.29, 1.82) is 0 Å². The normalized spacial score (nSPS) is 49.0. The van der Waals surface area contributed by atoms with Gasteiger partial charge in [-0.15, -0.1) is 0 Å². The minimum Gasteiger partial charge on any atom is -0.385 e. The number of nitrogens with one attached hydrogen (secondary N) is 1. The summed E-state index contributed by atoms with van der Waals surface area (Å²) in [4.78, 5) is 4.51.